The van der Waals surface area contributed by atoms with Crippen LogP contribution in [-0.2, 0) is 0 Å². The Morgan fingerprint density at radius 1 is 1.38 bits per heavy atom. The van der Waals surface area contributed by atoms with Crippen LogP contribution in [0.2, 0.25) is 0 Å². The molecule has 3 rings (SSSR count). The molecular formula is C18H24FNO. The average Bonchev–Trinajstić information content (AvgIpc) is 3.25. The Morgan fingerprint density at radius 3 is 2.90 bits per heavy atom. The molecule has 1 atom stereocenters. The van der Waals surface area contributed by atoms with Crippen molar-refractivity contribution in [2.24, 2.45) is 5.92 Å². The van der Waals surface area contributed by atoms with Crippen LogP contribution in [-0.4, -0.2) is 6.54 Å². The maximum Gasteiger partial charge on any atom is 0.134 e. The minimum Gasteiger partial charge on any atom is -0.459 e. The van der Waals surface area contributed by atoms with Crippen LogP contribution in [0.4, 0.5) is 4.39 Å². The summed E-state index contributed by atoms with van der Waals surface area (Å²) >= 11 is 0. The second-order valence-electron chi connectivity index (χ2n) is 6.26. The zero-order chi connectivity index (χ0) is 14.8. The monoisotopic (exact) mass is 289 g/mol. The number of fused-ring (bicyclic) bond motifs is 1. The minimum absolute atomic E-state index is 0.200. The molecule has 1 aromatic carbocycles. The van der Waals surface area contributed by atoms with Gasteiger partial charge in [0.2, 0.25) is 0 Å². The molecule has 1 saturated carbocycles. The molecule has 0 saturated heterocycles. The van der Waals surface area contributed by atoms with Crippen molar-refractivity contribution in [2.75, 3.05) is 6.54 Å². The molecule has 2 aromatic rings. The average molecular weight is 289 g/mol. The molecule has 0 radical (unpaired) electrons. The molecule has 1 N–H and O–H groups in total. The quantitative estimate of drug-likeness (QED) is 0.766. The summed E-state index contributed by atoms with van der Waals surface area (Å²) < 4.78 is 19.5. The molecule has 2 nitrogen and oxygen atoms in total. The molecule has 0 spiro atoms. The molecule has 1 aliphatic carbocycles. The first-order chi connectivity index (χ1) is 10.2. The van der Waals surface area contributed by atoms with E-state index >= 15 is 0 Å². The predicted octanol–water partition coefficient (Wildman–Crippen LogP) is 5.11. The van der Waals surface area contributed by atoms with Crippen LogP contribution >= 0.6 is 0 Å². The minimum atomic E-state index is -0.200. The van der Waals surface area contributed by atoms with E-state index in [0.717, 1.165) is 47.6 Å². The Kier molecular flexibility index (Phi) is 4.29. The fourth-order valence-corrected chi connectivity index (χ4v) is 3.00. The Hall–Kier alpha value is -1.35. The Balaban J connectivity index is 1.87. The first-order valence-electron chi connectivity index (χ1n) is 8.11. The van der Waals surface area contributed by atoms with Gasteiger partial charge in [0.05, 0.1) is 6.04 Å². The summed E-state index contributed by atoms with van der Waals surface area (Å²) in [6, 6.07) is 5.03. The van der Waals surface area contributed by atoms with Crippen molar-refractivity contribution >= 4 is 11.0 Å². The highest BCUT2D eigenvalue weighted by Crippen LogP contribution is 2.38. The molecule has 0 amide bonds. The molecule has 1 unspecified atom stereocenters. The van der Waals surface area contributed by atoms with E-state index in [0.29, 0.717) is 0 Å². The molecule has 21 heavy (non-hydrogen) atoms. The zero-order valence-electron chi connectivity index (χ0n) is 12.9. The fraction of sp³-hybridized carbons (Fsp3) is 0.556. The lowest BCUT2D eigenvalue weighted by molar-refractivity contribution is 0.393. The normalized spacial score (nSPS) is 16.5. The van der Waals surface area contributed by atoms with Gasteiger partial charge in [-0.3, -0.25) is 0 Å². The van der Waals surface area contributed by atoms with E-state index in [1.54, 1.807) is 12.1 Å². The summed E-state index contributed by atoms with van der Waals surface area (Å²) in [6.07, 6.45) is 6.23. The topological polar surface area (TPSA) is 25.2 Å². The summed E-state index contributed by atoms with van der Waals surface area (Å²) in [5.41, 5.74) is 1.87. The van der Waals surface area contributed by atoms with Gasteiger partial charge < -0.3 is 9.73 Å². The number of benzene rings is 1. The van der Waals surface area contributed by atoms with Gasteiger partial charge in [0.25, 0.3) is 0 Å². The van der Waals surface area contributed by atoms with Crippen LogP contribution in [0.5, 0.6) is 0 Å². The fourth-order valence-electron chi connectivity index (χ4n) is 3.00. The largest absolute Gasteiger partial charge is 0.459 e. The number of nitrogens with one attached hydrogen (secondary N) is 1. The number of hydrogen-bond acceptors (Lipinski definition) is 2. The standard InChI is InChI=1S/C18H24FNO/c1-3-10-20-16(8-6-13-4-5-13)18-12(2)15-11-14(19)7-9-17(15)21-18/h7,9,11,13,16,20H,3-6,8,10H2,1-2H3. The van der Waals surface area contributed by atoms with Gasteiger partial charge >= 0.3 is 0 Å². The van der Waals surface area contributed by atoms with Crippen molar-refractivity contribution in [3.05, 3.63) is 35.3 Å². The number of hydrogen-bond donors (Lipinski definition) is 1. The third-order valence-corrected chi connectivity index (χ3v) is 4.45. The van der Waals surface area contributed by atoms with Gasteiger partial charge in [0.1, 0.15) is 17.2 Å². The van der Waals surface area contributed by atoms with Crippen molar-refractivity contribution in [2.45, 2.75) is 52.0 Å². The molecule has 0 bridgehead atoms. The SMILES string of the molecule is CCCNC(CCC1CC1)c1oc2ccc(F)cc2c1C. The molecule has 114 valence electrons. The summed E-state index contributed by atoms with van der Waals surface area (Å²) in [7, 11) is 0. The van der Waals surface area contributed by atoms with Crippen molar-refractivity contribution in [3.8, 4) is 0 Å². The molecule has 1 aromatic heterocycles. The van der Waals surface area contributed by atoms with Gasteiger partial charge in [-0.1, -0.05) is 19.8 Å². The van der Waals surface area contributed by atoms with Crippen molar-refractivity contribution < 1.29 is 8.81 Å². The van der Waals surface area contributed by atoms with Gasteiger partial charge in [0.15, 0.2) is 0 Å². The summed E-state index contributed by atoms with van der Waals surface area (Å²) in [4.78, 5) is 0. The van der Waals surface area contributed by atoms with E-state index < -0.39 is 0 Å². The number of rotatable bonds is 7. The van der Waals surface area contributed by atoms with E-state index in [4.69, 9.17) is 4.42 Å². The molecule has 1 fully saturated rings. The highest BCUT2D eigenvalue weighted by atomic mass is 19.1. The van der Waals surface area contributed by atoms with Crippen LogP contribution in [0.15, 0.2) is 22.6 Å². The lowest BCUT2D eigenvalue weighted by Gasteiger charge is -2.17. The maximum absolute atomic E-state index is 13.4. The second-order valence-corrected chi connectivity index (χ2v) is 6.26. The van der Waals surface area contributed by atoms with Crippen LogP contribution in [0.3, 0.4) is 0 Å². The maximum atomic E-state index is 13.4. The smallest absolute Gasteiger partial charge is 0.134 e. The zero-order valence-corrected chi connectivity index (χ0v) is 12.9. The lowest BCUT2D eigenvalue weighted by Crippen LogP contribution is -2.22. The van der Waals surface area contributed by atoms with Crippen LogP contribution < -0.4 is 5.32 Å². The summed E-state index contributed by atoms with van der Waals surface area (Å²) in [6.45, 7) is 5.20. The molecule has 1 aliphatic rings. The van der Waals surface area contributed by atoms with Crippen LogP contribution in [0, 0.1) is 18.7 Å². The molecule has 1 heterocycles. The number of halogens is 1. The van der Waals surface area contributed by atoms with Gasteiger partial charge in [-0.05, 0) is 56.8 Å². The third-order valence-electron chi connectivity index (χ3n) is 4.45. The molecular weight excluding hydrogens is 265 g/mol. The van der Waals surface area contributed by atoms with E-state index in [1.807, 2.05) is 6.92 Å². The number of furan rings is 1. The van der Waals surface area contributed by atoms with Crippen molar-refractivity contribution in [3.63, 3.8) is 0 Å². The van der Waals surface area contributed by atoms with Gasteiger partial charge in [0, 0.05) is 10.9 Å². The van der Waals surface area contributed by atoms with Gasteiger partial charge in [-0.25, -0.2) is 4.39 Å². The highest BCUT2D eigenvalue weighted by molar-refractivity contribution is 5.82. The van der Waals surface area contributed by atoms with E-state index in [9.17, 15) is 4.39 Å². The Morgan fingerprint density at radius 2 is 2.19 bits per heavy atom. The molecule has 0 aliphatic heterocycles. The summed E-state index contributed by atoms with van der Waals surface area (Å²) in [5, 5.41) is 4.50. The van der Waals surface area contributed by atoms with Gasteiger partial charge in [-0.15, -0.1) is 0 Å². The van der Waals surface area contributed by atoms with E-state index in [1.165, 1.54) is 25.3 Å². The van der Waals surface area contributed by atoms with Gasteiger partial charge in [-0.2, -0.15) is 0 Å². The second kappa shape index (κ2) is 6.18. The third kappa shape index (κ3) is 3.29. The lowest BCUT2D eigenvalue weighted by atomic mass is 10.0. The van der Waals surface area contributed by atoms with E-state index in [2.05, 4.69) is 12.2 Å². The van der Waals surface area contributed by atoms with E-state index in [-0.39, 0.29) is 11.9 Å². The van der Waals surface area contributed by atoms with Crippen molar-refractivity contribution in [1.29, 1.82) is 0 Å². The Labute approximate surface area is 125 Å². The Bertz CT molecular complexity index is 615. The predicted molar refractivity (Wildman–Crippen MR) is 83.9 cm³/mol. The first kappa shape index (κ1) is 14.6. The highest BCUT2D eigenvalue weighted by Gasteiger charge is 2.25. The number of aryl methyl sites for hydroxylation is 1. The van der Waals surface area contributed by atoms with Crippen LogP contribution in [0.25, 0.3) is 11.0 Å². The van der Waals surface area contributed by atoms with Crippen molar-refractivity contribution in [1.82, 2.24) is 5.32 Å². The molecule has 3 heteroatoms. The first-order valence-corrected chi connectivity index (χ1v) is 8.11. The summed E-state index contributed by atoms with van der Waals surface area (Å²) in [5.74, 6) is 1.71. The van der Waals surface area contributed by atoms with Crippen LogP contribution in [0.1, 0.15) is 56.4 Å².